The average molecular weight is 446 g/mol. The molecule has 6 heteroatoms. The number of aliphatic hydroxyl groups excluding tert-OH is 1. The fraction of sp³-hybridized carbons (Fsp3) is 0.370. The van der Waals surface area contributed by atoms with Crippen LogP contribution in [0, 0.1) is 19.8 Å². The van der Waals surface area contributed by atoms with Gasteiger partial charge in [-0.05, 0) is 67.0 Å². The number of nitrogens with zero attached hydrogens (tertiary/aromatic N) is 3. The van der Waals surface area contributed by atoms with Crippen molar-refractivity contribution >= 4 is 11.5 Å². The number of Topliss-reactive ketones (excluding diaryl/α,β-unsaturated/α-hetero) is 1. The molecule has 0 atom stereocenters. The van der Waals surface area contributed by atoms with Crippen LogP contribution in [0.5, 0.6) is 5.75 Å². The number of aromatic hydroxyl groups is 1. The Morgan fingerprint density at radius 1 is 1.03 bits per heavy atom. The van der Waals surface area contributed by atoms with Crippen LogP contribution in [0.3, 0.4) is 0 Å². The predicted octanol–water partition coefficient (Wildman–Crippen LogP) is 4.62. The van der Waals surface area contributed by atoms with E-state index in [1.807, 2.05) is 13.0 Å². The molecular weight excluding hydrogens is 414 g/mol. The van der Waals surface area contributed by atoms with Crippen molar-refractivity contribution in [1.29, 1.82) is 0 Å². The van der Waals surface area contributed by atoms with Gasteiger partial charge in [0.1, 0.15) is 5.82 Å². The summed E-state index contributed by atoms with van der Waals surface area (Å²) in [4.78, 5) is 22.9. The molecule has 172 valence electrons. The lowest BCUT2D eigenvalue weighted by atomic mass is 9.92. The molecule has 2 heterocycles. The molecule has 0 bridgehead atoms. The van der Waals surface area contributed by atoms with E-state index in [0.717, 1.165) is 49.0 Å². The first-order valence-electron chi connectivity index (χ1n) is 11.5. The van der Waals surface area contributed by atoms with Crippen molar-refractivity contribution in [3.05, 3.63) is 70.8 Å². The van der Waals surface area contributed by atoms with E-state index in [1.165, 1.54) is 18.2 Å². The molecule has 1 fully saturated rings. The Kier molecular flexibility index (Phi) is 6.75. The second-order valence-corrected chi connectivity index (χ2v) is 8.96. The van der Waals surface area contributed by atoms with Crippen LogP contribution in [0.1, 0.15) is 52.9 Å². The van der Waals surface area contributed by atoms with Crippen LogP contribution in [0.15, 0.2) is 42.5 Å². The largest absolute Gasteiger partial charge is 0.504 e. The third kappa shape index (κ3) is 5.06. The minimum Gasteiger partial charge on any atom is -0.504 e. The van der Waals surface area contributed by atoms with Crippen LogP contribution < -0.4 is 4.90 Å². The third-order valence-electron chi connectivity index (χ3n) is 6.60. The normalized spacial score (nSPS) is 14.5. The number of carbonyl (C=O) groups is 1. The maximum Gasteiger partial charge on any atom is 0.182 e. The van der Waals surface area contributed by atoms with Gasteiger partial charge in [0.05, 0.1) is 12.3 Å². The zero-order valence-electron chi connectivity index (χ0n) is 19.5. The van der Waals surface area contributed by atoms with Crippen LogP contribution in [-0.2, 0) is 13.0 Å². The molecule has 0 amide bonds. The number of hydrogen-bond donors (Lipinski definition) is 2. The van der Waals surface area contributed by atoms with E-state index in [0.29, 0.717) is 17.4 Å². The van der Waals surface area contributed by atoms with Crippen LogP contribution in [0.2, 0.25) is 0 Å². The molecule has 1 aliphatic rings. The number of aliphatic hydroxyl groups is 1. The molecule has 1 saturated heterocycles. The molecule has 2 N–H and O–H groups in total. The fourth-order valence-corrected chi connectivity index (χ4v) is 4.53. The lowest BCUT2D eigenvalue weighted by Crippen LogP contribution is -2.34. The van der Waals surface area contributed by atoms with E-state index in [9.17, 15) is 15.0 Å². The summed E-state index contributed by atoms with van der Waals surface area (Å²) in [6.45, 7) is 7.15. The molecule has 33 heavy (non-hydrogen) atoms. The predicted molar refractivity (Wildman–Crippen MR) is 130 cm³/mol. The van der Waals surface area contributed by atoms with Gasteiger partial charge < -0.3 is 15.1 Å². The number of carbonyl (C=O) groups excluding carboxylic acids is 1. The summed E-state index contributed by atoms with van der Waals surface area (Å²) in [5.41, 5.74) is 6.19. The molecule has 4 rings (SSSR count). The van der Waals surface area contributed by atoms with Crippen LogP contribution >= 0.6 is 0 Å². The molecule has 0 saturated carbocycles. The quantitative estimate of drug-likeness (QED) is 0.539. The highest BCUT2D eigenvalue weighted by atomic mass is 16.3. The van der Waals surface area contributed by atoms with E-state index in [4.69, 9.17) is 0 Å². The van der Waals surface area contributed by atoms with Gasteiger partial charge >= 0.3 is 0 Å². The fourth-order valence-electron chi connectivity index (χ4n) is 4.53. The van der Waals surface area contributed by atoms with Crippen molar-refractivity contribution < 1.29 is 15.0 Å². The maximum atomic E-state index is 11.8. The number of rotatable bonds is 6. The molecule has 0 radical (unpaired) electrons. The lowest BCUT2D eigenvalue weighted by molar-refractivity contribution is 0.100. The van der Waals surface area contributed by atoms with Gasteiger partial charge in [0.15, 0.2) is 17.2 Å². The van der Waals surface area contributed by atoms with Gasteiger partial charge in [-0.3, -0.25) is 4.79 Å². The van der Waals surface area contributed by atoms with E-state index in [1.54, 1.807) is 6.92 Å². The van der Waals surface area contributed by atoms with Crippen molar-refractivity contribution in [2.45, 2.75) is 46.6 Å². The smallest absolute Gasteiger partial charge is 0.182 e. The summed E-state index contributed by atoms with van der Waals surface area (Å²) in [7, 11) is 0. The second-order valence-electron chi connectivity index (χ2n) is 8.96. The highest BCUT2D eigenvalue weighted by Crippen LogP contribution is 2.29. The Labute approximate surface area is 195 Å². The number of ketones is 1. The van der Waals surface area contributed by atoms with Gasteiger partial charge in [-0.25, -0.2) is 9.97 Å². The Morgan fingerprint density at radius 2 is 1.70 bits per heavy atom. The summed E-state index contributed by atoms with van der Waals surface area (Å²) in [5, 5.41) is 19.4. The van der Waals surface area contributed by atoms with Gasteiger partial charge in [0.2, 0.25) is 0 Å². The number of aryl methyl sites for hydroxylation is 2. The highest BCUT2D eigenvalue weighted by Gasteiger charge is 2.22. The van der Waals surface area contributed by atoms with Gasteiger partial charge in [0, 0.05) is 32.1 Å². The number of piperidine rings is 1. The molecule has 2 aromatic carbocycles. The van der Waals surface area contributed by atoms with Crippen LogP contribution in [0.25, 0.3) is 11.1 Å². The van der Waals surface area contributed by atoms with Gasteiger partial charge in [-0.15, -0.1) is 0 Å². The number of aromatic nitrogens is 2. The van der Waals surface area contributed by atoms with Gasteiger partial charge in [-0.1, -0.05) is 30.3 Å². The number of hydrogen-bond acceptors (Lipinski definition) is 6. The van der Waals surface area contributed by atoms with Crippen molar-refractivity contribution in [2.75, 3.05) is 18.0 Å². The van der Waals surface area contributed by atoms with E-state index in [2.05, 4.69) is 51.3 Å². The molecule has 0 spiro atoms. The molecule has 1 aliphatic heterocycles. The van der Waals surface area contributed by atoms with E-state index >= 15 is 0 Å². The summed E-state index contributed by atoms with van der Waals surface area (Å²) in [6.07, 6.45) is 2.78. The standard InChI is InChI=1S/C27H31N3O3/c1-17-14-22(4-5-23(17)16-31)21-6-8-24(9-7-21)30-12-10-20(11-13-30)15-25-28-18(2)27(33)26(29-25)19(3)32/h4-9,14,20,31,33H,10-13,15-16H2,1-3H3. The summed E-state index contributed by atoms with van der Waals surface area (Å²) in [5.74, 6) is 0.749. The molecule has 0 unspecified atom stereocenters. The molecule has 3 aromatic rings. The monoisotopic (exact) mass is 445 g/mol. The Morgan fingerprint density at radius 3 is 2.30 bits per heavy atom. The van der Waals surface area contributed by atoms with E-state index in [-0.39, 0.29) is 23.8 Å². The number of benzene rings is 2. The van der Waals surface area contributed by atoms with Crippen LogP contribution in [-0.4, -0.2) is 39.1 Å². The van der Waals surface area contributed by atoms with Crippen molar-refractivity contribution in [1.82, 2.24) is 9.97 Å². The van der Waals surface area contributed by atoms with Crippen molar-refractivity contribution in [3.8, 4) is 16.9 Å². The summed E-state index contributed by atoms with van der Waals surface area (Å²) in [6, 6.07) is 14.8. The molecular formula is C27H31N3O3. The van der Waals surface area contributed by atoms with Crippen molar-refractivity contribution in [3.63, 3.8) is 0 Å². The maximum absolute atomic E-state index is 11.8. The third-order valence-corrected chi connectivity index (χ3v) is 6.60. The topological polar surface area (TPSA) is 86.6 Å². The van der Waals surface area contributed by atoms with Gasteiger partial charge in [-0.2, -0.15) is 0 Å². The van der Waals surface area contributed by atoms with E-state index < -0.39 is 0 Å². The first kappa shape index (κ1) is 22.9. The second kappa shape index (κ2) is 9.71. The zero-order chi connectivity index (χ0) is 23.5. The minimum atomic E-state index is -0.239. The van der Waals surface area contributed by atoms with Gasteiger partial charge in [0.25, 0.3) is 0 Å². The lowest BCUT2D eigenvalue weighted by Gasteiger charge is -2.33. The SMILES string of the molecule is CC(=O)c1nc(CC2CCN(c3ccc(-c4ccc(CO)c(C)c4)cc3)CC2)nc(C)c1O. The summed E-state index contributed by atoms with van der Waals surface area (Å²) >= 11 is 0. The molecule has 0 aliphatic carbocycles. The Balaban J connectivity index is 1.38. The molecule has 6 nitrogen and oxygen atoms in total. The van der Waals surface area contributed by atoms with Crippen LogP contribution in [0.4, 0.5) is 5.69 Å². The Hall–Kier alpha value is -3.25. The minimum absolute atomic E-state index is 0.0668. The summed E-state index contributed by atoms with van der Waals surface area (Å²) < 4.78 is 0. The Bertz CT molecular complexity index is 1150. The highest BCUT2D eigenvalue weighted by molar-refractivity contribution is 5.94. The van der Waals surface area contributed by atoms with Crippen molar-refractivity contribution in [2.24, 2.45) is 5.92 Å². The average Bonchev–Trinajstić information content (AvgIpc) is 2.81. The zero-order valence-corrected chi connectivity index (χ0v) is 19.5. The molecule has 1 aromatic heterocycles. The first-order valence-corrected chi connectivity index (χ1v) is 11.5. The number of anilines is 1. The first-order chi connectivity index (χ1) is 15.9.